The van der Waals surface area contributed by atoms with E-state index in [1.165, 1.54) is 31.7 Å². The number of nitrogens with two attached hydrogens (primary N) is 1. The molecule has 0 fully saturated rings. The maximum Gasteiger partial charge on any atom is 0.326 e. The number of methoxy groups -OCH3 is 2. The molecule has 4 aromatic carbocycles. The van der Waals surface area contributed by atoms with Crippen molar-refractivity contribution >= 4 is 35.1 Å². The fourth-order valence-corrected chi connectivity index (χ4v) is 8.33. The second-order valence-electron chi connectivity index (χ2n) is 17.1. The van der Waals surface area contributed by atoms with E-state index in [2.05, 4.69) is 36.2 Å². The van der Waals surface area contributed by atoms with Crippen molar-refractivity contribution in [3.63, 3.8) is 0 Å². The van der Waals surface area contributed by atoms with Crippen LogP contribution in [0.25, 0.3) is 11.1 Å². The second-order valence-corrected chi connectivity index (χ2v) is 17.1. The molecule has 4 bridgehead atoms. The highest BCUT2D eigenvalue weighted by atomic mass is 16.5. The van der Waals surface area contributed by atoms with Gasteiger partial charge >= 0.3 is 5.97 Å². The minimum absolute atomic E-state index is 0.0270. The van der Waals surface area contributed by atoms with Crippen LogP contribution >= 0.6 is 0 Å². The number of Topliss-reactive ketones (excluding diaryl/α,β-unsaturated/α-hetero) is 3. The van der Waals surface area contributed by atoms with Crippen molar-refractivity contribution in [3.8, 4) is 34.5 Å². The highest BCUT2D eigenvalue weighted by Crippen LogP contribution is 2.40. The van der Waals surface area contributed by atoms with Crippen LogP contribution in [0.5, 0.6) is 11.5 Å². The number of aryl methyl sites for hydroxylation is 1. The van der Waals surface area contributed by atoms with Gasteiger partial charge in [0.05, 0.1) is 14.2 Å². The van der Waals surface area contributed by atoms with Gasteiger partial charge in [0.25, 0.3) is 0 Å². The number of hydrogen-bond donors (Lipinski definition) is 3. The van der Waals surface area contributed by atoms with Gasteiger partial charge in [-0.25, -0.2) is 4.79 Å². The van der Waals surface area contributed by atoms with Crippen LogP contribution in [0.2, 0.25) is 0 Å². The Labute approximate surface area is 388 Å². The highest BCUT2D eigenvalue weighted by Gasteiger charge is 2.36. The molecular weight excluding hydrogens is 835 g/mol. The molecule has 348 valence electrons. The zero-order chi connectivity index (χ0) is 47.8. The summed E-state index contributed by atoms with van der Waals surface area (Å²) >= 11 is 0. The van der Waals surface area contributed by atoms with E-state index in [-0.39, 0.29) is 43.7 Å². The smallest absolute Gasteiger partial charge is 0.326 e. The Kier molecular flexibility index (Phi) is 18.8. The first-order valence-corrected chi connectivity index (χ1v) is 22.9. The largest absolute Gasteiger partial charge is 0.496 e. The SMILES string of the molecule is CCCCc1ccc(C#Cc2ccc(C(=O)CCCC(=O)CC(CCCCN)C(=O)N(C)[C@@H]3C(=O)C[C@@H](C)C(=O)N[C@H](C(=O)O)Cc4ccc(OC)c(c4)-c4cc3ccc4OC)cc2)cc1. The first kappa shape index (κ1) is 50.4. The molecule has 1 aliphatic rings. The van der Waals surface area contributed by atoms with E-state index in [0.717, 1.165) is 30.4 Å². The lowest BCUT2D eigenvalue weighted by molar-refractivity contribution is -0.144. The van der Waals surface area contributed by atoms with Crippen LogP contribution in [-0.4, -0.2) is 79.0 Å². The van der Waals surface area contributed by atoms with Crippen molar-refractivity contribution < 1.29 is 43.3 Å². The summed E-state index contributed by atoms with van der Waals surface area (Å²) in [6, 6.07) is 23.2. The van der Waals surface area contributed by atoms with Gasteiger partial charge in [-0.05, 0) is 104 Å². The van der Waals surface area contributed by atoms with Gasteiger partial charge < -0.3 is 30.5 Å². The number of benzene rings is 4. The summed E-state index contributed by atoms with van der Waals surface area (Å²) in [5.41, 5.74) is 11.5. The van der Waals surface area contributed by atoms with Gasteiger partial charge in [0.1, 0.15) is 29.4 Å². The van der Waals surface area contributed by atoms with Gasteiger partial charge in [0, 0.05) is 78.8 Å². The van der Waals surface area contributed by atoms with Gasteiger partial charge in [-0.3, -0.25) is 24.0 Å². The molecule has 1 unspecified atom stereocenters. The summed E-state index contributed by atoms with van der Waals surface area (Å²) in [4.78, 5) is 83.0. The van der Waals surface area contributed by atoms with Crippen LogP contribution in [-0.2, 0) is 36.8 Å². The number of rotatable bonds is 19. The molecule has 12 nitrogen and oxygen atoms in total. The summed E-state index contributed by atoms with van der Waals surface area (Å²) in [5, 5.41) is 12.7. The summed E-state index contributed by atoms with van der Waals surface area (Å²) in [6.45, 7) is 4.12. The number of hydrogen-bond acceptors (Lipinski definition) is 9. The van der Waals surface area contributed by atoms with E-state index in [0.29, 0.717) is 71.5 Å². The average Bonchev–Trinajstić information content (AvgIpc) is 3.31. The fourth-order valence-electron chi connectivity index (χ4n) is 8.33. The van der Waals surface area contributed by atoms with Crippen molar-refractivity contribution in [1.82, 2.24) is 10.2 Å². The third-order valence-electron chi connectivity index (χ3n) is 12.2. The minimum atomic E-state index is -1.28. The molecular formula is C54H63N3O9. The van der Waals surface area contributed by atoms with Crippen molar-refractivity contribution in [2.75, 3.05) is 27.8 Å². The van der Waals surface area contributed by atoms with Crippen LogP contribution in [0.1, 0.15) is 122 Å². The van der Waals surface area contributed by atoms with Gasteiger partial charge in [-0.2, -0.15) is 0 Å². The van der Waals surface area contributed by atoms with Gasteiger partial charge in [-0.1, -0.05) is 74.9 Å². The van der Waals surface area contributed by atoms with E-state index in [1.807, 2.05) is 24.3 Å². The van der Waals surface area contributed by atoms with Crippen molar-refractivity contribution in [2.45, 2.75) is 103 Å². The number of likely N-dealkylation sites (N-methyl/N-ethyl adjacent to an activating group) is 1. The number of nitrogens with zero attached hydrogens (tertiary/aromatic N) is 1. The molecule has 5 rings (SSSR count). The number of carbonyl (C=O) groups excluding carboxylic acids is 5. The van der Waals surface area contributed by atoms with Crippen molar-refractivity contribution in [1.29, 1.82) is 0 Å². The number of nitrogens with one attached hydrogen (secondary N) is 1. The number of ketones is 3. The van der Waals surface area contributed by atoms with Gasteiger partial charge in [0.15, 0.2) is 11.6 Å². The third kappa shape index (κ3) is 13.7. The fraction of sp³-hybridized carbons (Fsp3) is 0.407. The summed E-state index contributed by atoms with van der Waals surface area (Å²) < 4.78 is 11.5. The molecule has 0 aromatic heterocycles. The lowest BCUT2D eigenvalue weighted by atomic mass is 9.88. The molecule has 0 saturated carbocycles. The Morgan fingerprint density at radius 2 is 1.45 bits per heavy atom. The van der Waals surface area contributed by atoms with E-state index >= 15 is 0 Å². The third-order valence-corrected chi connectivity index (χ3v) is 12.2. The van der Waals surface area contributed by atoms with Gasteiger partial charge in [-0.15, -0.1) is 0 Å². The highest BCUT2D eigenvalue weighted by molar-refractivity contribution is 5.97. The molecule has 66 heavy (non-hydrogen) atoms. The molecule has 0 saturated heterocycles. The normalized spacial score (nSPS) is 16.4. The van der Waals surface area contributed by atoms with Crippen LogP contribution in [0.4, 0.5) is 0 Å². The zero-order valence-electron chi connectivity index (χ0n) is 38.8. The van der Waals surface area contributed by atoms with Crippen molar-refractivity contribution in [3.05, 3.63) is 118 Å². The van der Waals surface area contributed by atoms with Crippen LogP contribution in [0, 0.1) is 23.7 Å². The molecule has 1 aliphatic heterocycles. The quantitative estimate of drug-likeness (QED) is 0.0473. The second kappa shape index (κ2) is 24.6. The number of carboxylic acid groups (broad SMARTS) is 1. The number of carboxylic acids is 1. The Balaban J connectivity index is 1.32. The molecule has 1 heterocycles. The number of amides is 2. The molecule has 0 spiro atoms. The number of aliphatic carboxylic acids is 1. The van der Waals surface area contributed by atoms with E-state index in [4.69, 9.17) is 15.2 Å². The lowest BCUT2D eigenvalue weighted by Crippen LogP contribution is -2.45. The maximum absolute atomic E-state index is 14.6. The average molecular weight is 898 g/mol. The first-order chi connectivity index (χ1) is 31.8. The Bertz CT molecular complexity index is 2420. The van der Waals surface area contributed by atoms with Crippen LogP contribution < -0.4 is 20.5 Å². The molecule has 0 radical (unpaired) electrons. The molecule has 12 heteroatoms. The number of unbranched alkanes of at least 4 members (excludes halogenated alkanes) is 2. The molecule has 4 aromatic rings. The minimum Gasteiger partial charge on any atom is -0.496 e. The zero-order valence-corrected chi connectivity index (χ0v) is 38.8. The number of carbonyl (C=O) groups is 6. The predicted molar refractivity (Wildman–Crippen MR) is 254 cm³/mol. The Morgan fingerprint density at radius 1 is 0.818 bits per heavy atom. The van der Waals surface area contributed by atoms with Crippen molar-refractivity contribution in [2.24, 2.45) is 17.6 Å². The Morgan fingerprint density at radius 3 is 2.08 bits per heavy atom. The standard InChI is InChI=1S/C54H63N3O9/c1-6-7-11-36-15-17-37(18-16-36)19-20-38-21-24-40(25-22-38)47(59)14-10-13-43(58)33-42(12-8-9-29-55)53(62)57(3)51-41-26-28-50(66-5)45(34-41)44-31-39(23-27-49(44)65-4)32-46(54(63)64)56-52(61)35(2)30-48(51)60/h15-18,21-28,31,34-35,42,46,51H,6-14,29-30,32-33,55H2,1-5H3,(H,56,61)(H,63,64)/t35-,42?,46+,51+/m1/s1. The number of ether oxygens (including phenoxy) is 2. The monoisotopic (exact) mass is 897 g/mol. The van der Waals surface area contributed by atoms with E-state index in [1.54, 1.807) is 55.5 Å². The predicted octanol–water partition coefficient (Wildman–Crippen LogP) is 8.09. The maximum atomic E-state index is 14.6. The summed E-state index contributed by atoms with van der Waals surface area (Å²) in [6.07, 6.45) is 5.02. The first-order valence-electron chi connectivity index (χ1n) is 22.9. The lowest BCUT2D eigenvalue weighted by Gasteiger charge is -2.32. The van der Waals surface area contributed by atoms with E-state index < -0.39 is 47.5 Å². The van der Waals surface area contributed by atoms with E-state index in [9.17, 15) is 33.9 Å². The molecule has 4 N–H and O–H groups in total. The molecule has 4 atom stereocenters. The molecule has 2 amide bonds. The molecule has 0 aliphatic carbocycles. The Hall–Kier alpha value is -6.58. The topological polar surface area (TPSA) is 182 Å². The summed E-state index contributed by atoms with van der Waals surface area (Å²) in [5.74, 6) is 2.51. The van der Waals surface area contributed by atoms with Gasteiger partial charge in [0.2, 0.25) is 11.8 Å². The van der Waals surface area contributed by atoms with Crippen LogP contribution in [0.3, 0.4) is 0 Å². The summed E-state index contributed by atoms with van der Waals surface area (Å²) in [7, 11) is 4.53. The number of fused-ring (bicyclic) bond motifs is 5. The van der Waals surface area contributed by atoms with Crippen LogP contribution in [0.15, 0.2) is 84.9 Å².